The van der Waals surface area contributed by atoms with Gasteiger partial charge in [0.1, 0.15) is 0 Å². The number of aliphatic imine (C=N–C) groups is 1. The molecule has 2 aliphatic rings. The van der Waals surface area contributed by atoms with Crippen molar-refractivity contribution in [3.8, 4) is 0 Å². The summed E-state index contributed by atoms with van der Waals surface area (Å²) in [7, 11) is 0. The SMILES string of the molecule is CCNC(=NCCCN1CC(C)CC(C)C1)N1CCCC1. The Morgan fingerprint density at radius 2 is 1.81 bits per heavy atom. The molecular formula is C17H34N4. The van der Waals surface area contributed by atoms with E-state index in [1.54, 1.807) is 0 Å². The van der Waals surface area contributed by atoms with Crippen molar-refractivity contribution in [1.82, 2.24) is 15.1 Å². The van der Waals surface area contributed by atoms with Crippen molar-refractivity contribution in [2.45, 2.75) is 46.5 Å². The summed E-state index contributed by atoms with van der Waals surface area (Å²) in [5, 5.41) is 3.44. The lowest BCUT2D eigenvalue weighted by molar-refractivity contribution is 0.140. The van der Waals surface area contributed by atoms with Crippen LogP contribution in [0.4, 0.5) is 0 Å². The summed E-state index contributed by atoms with van der Waals surface area (Å²) in [6.07, 6.45) is 5.21. The van der Waals surface area contributed by atoms with E-state index in [0.29, 0.717) is 0 Å². The molecule has 2 unspecified atom stereocenters. The summed E-state index contributed by atoms with van der Waals surface area (Å²) >= 11 is 0. The van der Waals surface area contributed by atoms with Crippen molar-refractivity contribution < 1.29 is 0 Å². The topological polar surface area (TPSA) is 30.9 Å². The van der Waals surface area contributed by atoms with Crippen LogP contribution in [0.3, 0.4) is 0 Å². The zero-order valence-electron chi connectivity index (χ0n) is 14.3. The highest BCUT2D eigenvalue weighted by Gasteiger charge is 2.21. The first kappa shape index (κ1) is 16.6. The van der Waals surface area contributed by atoms with E-state index >= 15 is 0 Å². The average molecular weight is 294 g/mol. The van der Waals surface area contributed by atoms with Crippen LogP contribution >= 0.6 is 0 Å². The molecule has 2 aliphatic heterocycles. The fourth-order valence-corrected chi connectivity index (χ4v) is 3.81. The Morgan fingerprint density at radius 3 is 2.43 bits per heavy atom. The van der Waals surface area contributed by atoms with Crippen LogP contribution in [0.2, 0.25) is 0 Å². The van der Waals surface area contributed by atoms with E-state index in [-0.39, 0.29) is 0 Å². The highest BCUT2D eigenvalue weighted by molar-refractivity contribution is 5.80. The lowest BCUT2D eigenvalue weighted by Crippen LogP contribution is -2.40. The molecule has 2 heterocycles. The number of guanidine groups is 1. The minimum Gasteiger partial charge on any atom is -0.357 e. The fraction of sp³-hybridized carbons (Fsp3) is 0.941. The minimum atomic E-state index is 0.860. The van der Waals surface area contributed by atoms with Gasteiger partial charge in [0.05, 0.1) is 0 Å². The van der Waals surface area contributed by atoms with Gasteiger partial charge in [-0.05, 0) is 51.0 Å². The number of rotatable bonds is 5. The van der Waals surface area contributed by atoms with Crippen LogP contribution in [0.25, 0.3) is 0 Å². The number of piperidine rings is 1. The van der Waals surface area contributed by atoms with Gasteiger partial charge in [-0.1, -0.05) is 13.8 Å². The first-order chi connectivity index (χ1) is 10.2. The standard InChI is InChI=1S/C17H34N4/c1-4-18-17(21-10-5-6-11-21)19-8-7-9-20-13-15(2)12-16(3)14-20/h15-16H,4-14H2,1-3H3,(H,18,19). The molecule has 0 aromatic rings. The van der Waals surface area contributed by atoms with E-state index in [9.17, 15) is 0 Å². The highest BCUT2D eigenvalue weighted by Crippen LogP contribution is 2.20. The molecule has 2 rings (SSSR count). The second-order valence-electron chi connectivity index (χ2n) is 6.99. The van der Waals surface area contributed by atoms with Crippen LogP contribution in [0.15, 0.2) is 4.99 Å². The maximum absolute atomic E-state index is 4.82. The Kier molecular flexibility index (Phi) is 6.81. The summed E-state index contributed by atoms with van der Waals surface area (Å²) < 4.78 is 0. The van der Waals surface area contributed by atoms with E-state index in [2.05, 4.69) is 35.9 Å². The maximum Gasteiger partial charge on any atom is 0.193 e. The van der Waals surface area contributed by atoms with Gasteiger partial charge in [0.15, 0.2) is 5.96 Å². The van der Waals surface area contributed by atoms with Crippen LogP contribution in [-0.4, -0.2) is 61.6 Å². The molecule has 2 atom stereocenters. The summed E-state index contributed by atoms with van der Waals surface area (Å²) in [6.45, 7) is 15.0. The number of nitrogens with zero attached hydrogens (tertiary/aromatic N) is 3. The molecule has 4 heteroatoms. The molecule has 0 saturated carbocycles. The predicted octanol–water partition coefficient (Wildman–Crippen LogP) is 2.42. The molecule has 21 heavy (non-hydrogen) atoms. The first-order valence-electron chi connectivity index (χ1n) is 8.94. The normalized spacial score (nSPS) is 28.1. The average Bonchev–Trinajstić information content (AvgIpc) is 2.95. The number of likely N-dealkylation sites (tertiary alicyclic amines) is 2. The second-order valence-corrected chi connectivity index (χ2v) is 6.99. The molecule has 0 aromatic carbocycles. The van der Waals surface area contributed by atoms with E-state index in [1.165, 1.54) is 58.4 Å². The molecule has 1 N–H and O–H groups in total. The zero-order chi connectivity index (χ0) is 15.1. The van der Waals surface area contributed by atoms with Crippen molar-refractivity contribution in [3.63, 3.8) is 0 Å². The monoisotopic (exact) mass is 294 g/mol. The van der Waals surface area contributed by atoms with E-state index in [0.717, 1.165) is 30.9 Å². The predicted molar refractivity (Wildman–Crippen MR) is 90.8 cm³/mol. The summed E-state index contributed by atoms with van der Waals surface area (Å²) in [5.41, 5.74) is 0. The number of hydrogen-bond acceptors (Lipinski definition) is 2. The summed E-state index contributed by atoms with van der Waals surface area (Å²) in [6, 6.07) is 0. The van der Waals surface area contributed by atoms with Crippen molar-refractivity contribution in [2.24, 2.45) is 16.8 Å². The number of hydrogen-bond donors (Lipinski definition) is 1. The van der Waals surface area contributed by atoms with E-state index in [1.807, 2.05) is 0 Å². The molecule has 4 nitrogen and oxygen atoms in total. The van der Waals surface area contributed by atoms with Crippen LogP contribution in [0.1, 0.15) is 46.5 Å². The van der Waals surface area contributed by atoms with Gasteiger partial charge in [0.25, 0.3) is 0 Å². The Labute approximate surface area is 131 Å². The van der Waals surface area contributed by atoms with Crippen molar-refractivity contribution in [1.29, 1.82) is 0 Å². The highest BCUT2D eigenvalue weighted by atomic mass is 15.3. The third kappa shape index (κ3) is 5.50. The van der Waals surface area contributed by atoms with Gasteiger partial charge >= 0.3 is 0 Å². The maximum atomic E-state index is 4.82. The van der Waals surface area contributed by atoms with Crippen molar-refractivity contribution in [3.05, 3.63) is 0 Å². The minimum absolute atomic E-state index is 0.860. The van der Waals surface area contributed by atoms with Crippen LogP contribution in [0.5, 0.6) is 0 Å². The quantitative estimate of drug-likeness (QED) is 0.480. The Morgan fingerprint density at radius 1 is 1.14 bits per heavy atom. The fourth-order valence-electron chi connectivity index (χ4n) is 3.81. The molecule has 122 valence electrons. The van der Waals surface area contributed by atoms with Gasteiger partial charge in [0, 0.05) is 39.3 Å². The van der Waals surface area contributed by atoms with Crippen molar-refractivity contribution >= 4 is 5.96 Å². The molecule has 2 saturated heterocycles. The van der Waals surface area contributed by atoms with Crippen LogP contribution in [-0.2, 0) is 0 Å². The van der Waals surface area contributed by atoms with E-state index < -0.39 is 0 Å². The Hall–Kier alpha value is -0.770. The second kappa shape index (κ2) is 8.62. The lowest BCUT2D eigenvalue weighted by atomic mass is 9.92. The summed E-state index contributed by atoms with van der Waals surface area (Å²) in [4.78, 5) is 9.87. The van der Waals surface area contributed by atoms with Gasteiger partial charge in [-0.25, -0.2) is 0 Å². The largest absolute Gasteiger partial charge is 0.357 e. The van der Waals surface area contributed by atoms with Crippen LogP contribution < -0.4 is 5.32 Å². The zero-order valence-corrected chi connectivity index (χ0v) is 14.3. The molecule has 0 amide bonds. The van der Waals surface area contributed by atoms with Gasteiger partial charge in [-0.15, -0.1) is 0 Å². The van der Waals surface area contributed by atoms with Gasteiger partial charge < -0.3 is 15.1 Å². The Bertz CT molecular complexity index is 313. The summed E-state index contributed by atoms with van der Waals surface area (Å²) in [5.74, 6) is 2.86. The first-order valence-corrected chi connectivity index (χ1v) is 8.94. The molecule has 0 bridgehead atoms. The molecular weight excluding hydrogens is 260 g/mol. The van der Waals surface area contributed by atoms with E-state index in [4.69, 9.17) is 4.99 Å². The molecule has 0 aliphatic carbocycles. The molecule has 0 spiro atoms. The molecule has 0 aromatic heterocycles. The van der Waals surface area contributed by atoms with Crippen LogP contribution in [0, 0.1) is 11.8 Å². The third-order valence-electron chi connectivity index (χ3n) is 4.58. The van der Waals surface area contributed by atoms with Gasteiger partial charge in [0.2, 0.25) is 0 Å². The van der Waals surface area contributed by atoms with Gasteiger partial charge in [-0.3, -0.25) is 4.99 Å². The third-order valence-corrected chi connectivity index (χ3v) is 4.58. The number of nitrogens with one attached hydrogen (secondary N) is 1. The molecule has 2 fully saturated rings. The van der Waals surface area contributed by atoms with Gasteiger partial charge in [-0.2, -0.15) is 0 Å². The van der Waals surface area contributed by atoms with Crippen molar-refractivity contribution in [2.75, 3.05) is 45.8 Å². The lowest BCUT2D eigenvalue weighted by Gasteiger charge is -2.34. The Balaban J connectivity index is 1.72. The smallest absolute Gasteiger partial charge is 0.193 e. The molecule has 0 radical (unpaired) electrons.